The van der Waals surface area contributed by atoms with Crippen LogP contribution in [0.15, 0.2) is 23.2 Å². The Morgan fingerprint density at radius 3 is 2.63 bits per heavy atom. The highest BCUT2D eigenvalue weighted by Crippen LogP contribution is 2.20. The molecule has 1 heterocycles. The average molecular weight is 502 g/mol. The highest BCUT2D eigenvalue weighted by Gasteiger charge is 2.07. The van der Waals surface area contributed by atoms with Crippen molar-refractivity contribution in [2.24, 2.45) is 4.99 Å². The SMILES string of the molecule is CCNC(=NCc1ccc(C)cc1OC)NCCc1nc(CC)c(C)s1.I. The fourth-order valence-electron chi connectivity index (χ4n) is 2.70. The summed E-state index contributed by atoms with van der Waals surface area (Å²) in [6.07, 6.45) is 1.90. The number of hydrogen-bond acceptors (Lipinski definition) is 4. The maximum absolute atomic E-state index is 5.46. The summed E-state index contributed by atoms with van der Waals surface area (Å²) in [4.78, 5) is 10.7. The molecule has 150 valence electrons. The molecule has 0 aliphatic heterocycles. The van der Waals surface area contributed by atoms with E-state index in [1.165, 1.54) is 21.1 Å². The van der Waals surface area contributed by atoms with Crippen LogP contribution in [0.25, 0.3) is 0 Å². The van der Waals surface area contributed by atoms with Gasteiger partial charge in [0.05, 0.1) is 24.4 Å². The van der Waals surface area contributed by atoms with Crippen molar-refractivity contribution in [2.45, 2.75) is 47.1 Å². The molecule has 0 radical (unpaired) electrons. The van der Waals surface area contributed by atoms with E-state index >= 15 is 0 Å². The van der Waals surface area contributed by atoms with Gasteiger partial charge in [-0.05, 0) is 38.8 Å². The van der Waals surface area contributed by atoms with Gasteiger partial charge in [-0.2, -0.15) is 0 Å². The van der Waals surface area contributed by atoms with E-state index in [4.69, 9.17) is 9.72 Å². The van der Waals surface area contributed by atoms with E-state index in [1.807, 2.05) is 6.07 Å². The zero-order valence-electron chi connectivity index (χ0n) is 16.9. The quantitative estimate of drug-likeness (QED) is 0.322. The molecule has 0 saturated heterocycles. The van der Waals surface area contributed by atoms with Gasteiger partial charge in [0, 0.05) is 30.0 Å². The molecule has 0 unspecified atom stereocenters. The first-order chi connectivity index (χ1) is 12.6. The largest absolute Gasteiger partial charge is 0.496 e. The maximum atomic E-state index is 5.46. The standard InChI is InChI=1S/C20H30N4OS.HI/c1-6-17-15(4)26-19(24-17)10-11-22-20(21-7-2)23-13-16-9-8-14(3)12-18(16)25-5;/h8-9,12H,6-7,10-11,13H2,1-5H3,(H2,21,22,23);1H. The molecule has 2 aromatic rings. The number of thiazole rings is 1. The fraction of sp³-hybridized carbons (Fsp3) is 0.500. The minimum absolute atomic E-state index is 0. The number of hydrogen-bond donors (Lipinski definition) is 2. The predicted molar refractivity (Wildman–Crippen MR) is 126 cm³/mol. The van der Waals surface area contributed by atoms with E-state index in [-0.39, 0.29) is 24.0 Å². The minimum Gasteiger partial charge on any atom is -0.496 e. The summed E-state index contributed by atoms with van der Waals surface area (Å²) >= 11 is 1.79. The number of aromatic nitrogens is 1. The van der Waals surface area contributed by atoms with Gasteiger partial charge in [0.15, 0.2) is 5.96 Å². The summed E-state index contributed by atoms with van der Waals surface area (Å²) in [6.45, 7) is 10.6. The van der Waals surface area contributed by atoms with Crippen LogP contribution in [0.3, 0.4) is 0 Å². The van der Waals surface area contributed by atoms with Crippen molar-refractivity contribution < 1.29 is 4.74 Å². The van der Waals surface area contributed by atoms with Crippen LogP contribution in [0.5, 0.6) is 5.75 Å². The van der Waals surface area contributed by atoms with Gasteiger partial charge in [-0.1, -0.05) is 19.1 Å². The normalized spacial score (nSPS) is 11.1. The van der Waals surface area contributed by atoms with Gasteiger partial charge in [-0.25, -0.2) is 9.98 Å². The molecule has 0 aliphatic carbocycles. The Bertz CT molecular complexity index is 746. The van der Waals surface area contributed by atoms with E-state index in [1.54, 1.807) is 18.4 Å². The number of nitrogens with zero attached hydrogens (tertiary/aromatic N) is 2. The van der Waals surface area contributed by atoms with E-state index in [0.29, 0.717) is 6.54 Å². The van der Waals surface area contributed by atoms with Crippen molar-refractivity contribution in [3.8, 4) is 5.75 Å². The molecular weight excluding hydrogens is 471 g/mol. The number of nitrogens with one attached hydrogen (secondary N) is 2. The Morgan fingerprint density at radius 1 is 1.22 bits per heavy atom. The highest BCUT2D eigenvalue weighted by molar-refractivity contribution is 14.0. The van der Waals surface area contributed by atoms with Crippen molar-refractivity contribution in [3.63, 3.8) is 0 Å². The molecule has 7 heteroatoms. The Kier molecular flexibility index (Phi) is 10.7. The minimum atomic E-state index is 0. The van der Waals surface area contributed by atoms with Gasteiger partial charge in [0.2, 0.25) is 0 Å². The number of guanidine groups is 1. The lowest BCUT2D eigenvalue weighted by Gasteiger charge is -2.12. The number of halogens is 1. The summed E-state index contributed by atoms with van der Waals surface area (Å²) in [7, 11) is 1.70. The van der Waals surface area contributed by atoms with Crippen molar-refractivity contribution in [1.82, 2.24) is 15.6 Å². The topological polar surface area (TPSA) is 58.5 Å². The Morgan fingerprint density at radius 2 is 2.00 bits per heavy atom. The lowest BCUT2D eigenvalue weighted by Crippen LogP contribution is -2.38. The monoisotopic (exact) mass is 502 g/mol. The van der Waals surface area contributed by atoms with Crippen molar-refractivity contribution in [2.75, 3.05) is 20.2 Å². The molecule has 5 nitrogen and oxygen atoms in total. The maximum Gasteiger partial charge on any atom is 0.191 e. The third kappa shape index (κ3) is 7.29. The zero-order valence-corrected chi connectivity index (χ0v) is 20.0. The first-order valence-electron chi connectivity index (χ1n) is 9.18. The van der Waals surface area contributed by atoms with Crippen LogP contribution >= 0.6 is 35.3 Å². The van der Waals surface area contributed by atoms with E-state index in [0.717, 1.165) is 43.2 Å². The van der Waals surface area contributed by atoms with E-state index in [2.05, 4.69) is 55.5 Å². The van der Waals surface area contributed by atoms with Gasteiger partial charge >= 0.3 is 0 Å². The molecule has 0 atom stereocenters. The average Bonchev–Trinajstić information content (AvgIpc) is 3.00. The number of aliphatic imine (C=N–C) groups is 1. The molecule has 0 spiro atoms. The van der Waals surface area contributed by atoms with Crippen LogP contribution in [0, 0.1) is 13.8 Å². The van der Waals surface area contributed by atoms with Crippen LogP contribution in [-0.4, -0.2) is 31.1 Å². The van der Waals surface area contributed by atoms with Crippen LogP contribution in [0.1, 0.15) is 40.6 Å². The fourth-order valence-corrected chi connectivity index (χ4v) is 3.72. The lowest BCUT2D eigenvalue weighted by atomic mass is 10.1. The molecule has 2 rings (SSSR count). The number of benzene rings is 1. The van der Waals surface area contributed by atoms with Gasteiger partial charge in [0.25, 0.3) is 0 Å². The molecule has 0 bridgehead atoms. The number of rotatable bonds is 8. The van der Waals surface area contributed by atoms with E-state index in [9.17, 15) is 0 Å². The molecule has 27 heavy (non-hydrogen) atoms. The third-order valence-electron chi connectivity index (χ3n) is 4.10. The molecule has 0 saturated carbocycles. The van der Waals surface area contributed by atoms with E-state index < -0.39 is 0 Å². The number of methoxy groups -OCH3 is 1. The predicted octanol–water partition coefficient (Wildman–Crippen LogP) is 4.25. The molecule has 1 aromatic heterocycles. The molecule has 2 N–H and O–H groups in total. The second-order valence-electron chi connectivity index (χ2n) is 6.15. The van der Waals surface area contributed by atoms with Crippen LogP contribution in [0.4, 0.5) is 0 Å². The van der Waals surface area contributed by atoms with Crippen LogP contribution in [0.2, 0.25) is 0 Å². The highest BCUT2D eigenvalue weighted by atomic mass is 127. The summed E-state index contributed by atoms with van der Waals surface area (Å²) in [6, 6.07) is 6.21. The van der Waals surface area contributed by atoms with Gasteiger partial charge in [0.1, 0.15) is 5.75 Å². The van der Waals surface area contributed by atoms with Gasteiger partial charge in [-0.3, -0.25) is 0 Å². The van der Waals surface area contributed by atoms with Crippen LogP contribution < -0.4 is 15.4 Å². The van der Waals surface area contributed by atoms with Gasteiger partial charge in [-0.15, -0.1) is 35.3 Å². The van der Waals surface area contributed by atoms with Crippen molar-refractivity contribution in [3.05, 3.63) is 44.9 Å². The lowest BCUT2D eigenvalue weighted by molar-refractivity contribution is 0.409. The molecule has 0 amide bonds. The number of ether oxygens (including phenoxy) is 1. The third-order valence-corrected chi connectivity index (χ3v) is 5.17. The summed E-state index contributed by atoms with van der Waals surface area (Å²) < 4.78 is 5.46. The Labute approximate surface area is 184 Å². The molecule has 0 aliphatic rings. The Hall–Kier alpha value is -1.35. The van der Waals surface area contributed by atoms with Crippen molar-refractivity contribution >= 4 is 41.3 Å². The number of aryl methyl sites for hydroxylation is 3. The first kappa shape index (κ1) is 23.7. The Balaban J connectivity index is 0.00000364. The van der Waals surface area contributed by atoms with Crippen LogP contribution in [-0.2, 0) is 19.4 Å². The van der Waals surface area contributed by atoms with Crippen molar-refractivity contribution in [1.29, 1.82) is 0 Å². The first-order valence-corrected chi connectivity index (χ1v) is 9.99. The zero-order chi connectivity index (χ0) is 18.9. The van der Waals surface area contributed by atoms with Gasteiger partial charge < -0.3 is 15.4 Å². The summed E-state index contributed by atoms with van der Waals surface area (Å²) in [5.74, 6) is 1.70. The summed E-state index contributed by atoms with van der Waals surface area (Å²) in [5, 5.41) is 7.88. The smallest absolute Gasteiger partial charge is 0.191 e. The molecule has 1 aromatic carbocycles. The second kappa shape index (κ2) is 12.2. The molecule has 0 fully saturated rings. The summed E-state index contributed by atoms with van der Waals surface area (Å²) in [5.41, 5.74) is 3.49. The second-order valence-corrected chi connectivity index (χ2v) is 7.44. The molecular formula is C20H31IN4OS.